The first-order valence-electron chi connectivity index (χ1n) is 7.98. The third kappa shape index (κ3) is 5.02. The van der Waals surface area contributed by atoms with Gasteiger partial charge in [-0.15, -0.1) is 0 Å². The molecule has 3 rings (SSSR count). The maximum atomic E-state index is 12.9. The number of halogens is 1. The fraction of sp³-hybridized carbons (Fsp3) is 0.105. The van der Waals surface area contributed by atoms with E-state index in [0.29, 0.717) is 17.1 Å². The summed E-state index contributed by atoms with van der Waals surface area (Å²) in [5.74, 6) is 0.922. The van der Waals surface area contributed by atoms with Crippen molar-refractivity contribution in [3.63, 3.8) is 0 Å². The molecule has 0 unspecified atom stereocenters. The van der Waals surface area contributed by atoms with Gasteiger partial charge in [-0.2, -0.15) is 0 Å². The molecular formula is C19H17FN2O4S. The van der Waals surface area contributed by atoms with Gasteiger partial charge in [-0.1, -0.05) is 0 Å². The Morgan fingerprint density at radius 1 is 1.00 bits per heavy atom. The summed E-state index contributed by atoms with van der Waals surface area (Å²) in [5.41, 5.74) is 0.666. The lowest BCUT2D eigenvalue weighted by Gasteiger charge is -2.09. The van der Waals surface area contributed by atoms with Crippen LogP contribution in [0.2, 0.25) is 0 Å². The first kappa shape index (κ1) is 18.8. The summed E-state index contributed by atoms with van der Waals surface area (Å²) in [7, 11) is -2.16. The Labute approximate surface area is 156 Å². The standard InChI is InChI=1S/C19H17FN2O4S/c1-25-16-6-8-18(9-7-16)27(23,24)22-13-14-10-11-21-19(12-14)26-17-4-2-15(20)3-5-17/h2-12,22H,13H2,1H3. The van der Waals surface area contributed by atoms with E-state index >= 15 is 0 Å². The number of hydrogen-bond acceptors (Lipinski definition) is 5. The molecule has 0 saturated heterocycles. The SMILES string of the molecule is COc1ccc(S(=O)(=O)NCc2ccnc(Oc3ccc(F)cc3)c2)cc1. The number of hydrogen-bond donors (Lipinski definition) is 1. The van der Waals surface area contributed by atoms with E-state index in [9.17, 15) is 12.8 Å². The predicted octanol–water partition coefficient (Wildman–Crippen LogP) is 3.50. The summed E-state index contributed by atoms with van der Waals surface area (Å²) in [6.07, 6.45) is 1.51. The van der Waals surface area contributed by atoms with Crippen molar-refractivity contribution in [2.45, 2.75) is 11.4 Å². The van der Waals surface area contributed by atoms with Crippen molar-refractivity contribution in [2.24, 2.45) is 0 Å². The number of ether oxygens (including phenoxy) is 2. The van der Waals surface area contributed by atoms with Crippen molar-refractivity contribution in [1.29, 1.82) is 0 Å². The molecular weight excluding hydrogens is 371 g/mol. The van der Waals surface area contributed by atoms with Crippen LogP contribution in [0.3, 0.4) is 0 Å². The average molecular weight is 388 g/mol. The molecule has 0 fully saturated rings. The number of aromatic nitrogens is 1. The number of methoxy groups -OCH3 is 1. The number of nitrogens with zero attached hydrogens (tertiary/aromatic N) is 1. The minimum atomic E-state index is -3.67. The maximum absolute atomic E-state index is 12.9. The Morgan fingerprint density at radius 2 is 1.67 bits per heavy atom. The monoisotopic (exact) mass is 388 g/mol. The molecule has 1 aromatic heterocycles. The molecule has 2 aromatic carbocycles. The van der Waals surface area contributed by atoms with Crippen LogP contribution >= 0.6 is 0 Å². The number of sulfonamides is 1. The largest absolute Gasteiger partial charge is 0.497 e. The molecule has 1 heterocycles. The highest BCUT2D eigenvalue weighted by Crippen LogP contribution is 2.21. The Morgan fingerprint density at radius 3 is 2.33 bits per heavy atom. The molecule has 140 valence electrons. The zero-order valence-electron chi connectivity index (χ0n) is 14.4. The number of nitrogens with one attached hydrogen (secondary N) is 1. The molecule has 0 amide bonds. The highest BCUT2D eigenvalue weighted by Gasteiger charge is 2.14. The fourth-order valence-electron chi connectivity index (χ4n) is 2.26. The lowest BCUT2D eigenvalue weighted by atomic mass is 10.3. The lowest BCUT2D eigenvalue weighted by Crippen LogP contribution is -2.23. The highest BCUT2D eigenvalue weighted by molar-refractivity contribution is 7.89. The zero-order valence-corrected chi connectivity index (χ0v) is 15.2. The van der Waals surface area contributed by atoms with E-state index in [4.69, 9.17) is 9.47 Å². The van der Waals surface area contributed by atoms with Gasteiger partial charge in [-0.3, -0.25) is 0 Å². The Hall–Kier alpha value is -2.97. The molecule has 0 atom stereocenters. The molecule has 0 saturated carbocycles. The van der Waals surface area contributed by atoms with Crippen LogP contribution in [0.1, 0.15) is 5.56 Å². The van der Waals surface area contributed by atoms with E-state index in [1.54, 1.807) is 24.3 Å². The van der Waals surface area contributed by atoms with Crippen molar-refractivity contribution in [1.82, 2.24) is 9.71 Å². The van der Waals surface area contributed by atoms with Crippen molar-refractivity contribution < 1.29 is 22.3 Å². The van der Waals surface area contributed by atoms with E-state index in [2.05, 4.69) is 9.71 Å². The predicted molar refractivity (Wildman–Crippen MR) is 97.7 cm³/mol. The van der Waals surface area contributed by atoms with Gasteiger partial charge in [-0.25, -0.2) is 22.5 Å². The number of pyridine rings is 1. The second-order valence-electron chi connectivity index (χ2n) is 5.56. The van der Waals surface area contributed by atoms with E-state index in [-0.39, 0.29) is 23.1 Å². The van der Waals surface area contributed by atoms with Gasteiger partial charge < -0.3 is 9.47 Å². The summed E-state index contributed by atoms with van der Waals surface area (Å²) < 4.78 is 50.8. The van der Waals surface area contributed by atoms with Crippen LogP contribution in [-0.4, -0.2) is 20.5 Å². The molecule has 0 bridgehead atoms. The van der Waals surface area contributed by atoms with E-state index in [1.807, 2.05) is 0 Å². The molecule has 27 heavy (non-hydrogen) atoms. The molecule has 0 aliphatic carbocycles. The Kier molecular flexibility index (Phi) is 5.68. The van der Waals surface area contributed by atoms with Crippen molar-refractivity contribution in [3.8, 4) is 17.4 Å². The Balaban J connectivity index is 1.67. The summed E-state index contributed by atoms with van der Waals surface area (Å²) >= 11 is 0. The molecule has 0 radical (unpaired) electrons. The number of rotatable bonds is 7. The Bertz CT molecular complexity index is 1010. The van der Waals surface area contributed by atoms with Crippen LogP contribution in [0.25, 0.3) is 0 Å². The van der Waals surface area contributed by atoms with Gasteiger partial charge >= 0.3 is 0 Å². The lowest BCUT2D eigenvalue weighted by molar-refractivity contribution is 0.414. The van der Waals surface area contributed by atoms with Crippen LogP contribution in [0.4, 0.5) is 4.39 Å². The first-order valence-corrected chi connectivity index (χ1v) is 9.47. The van der Waals surface area contributed by atoms with E-state index in [0.717, 1.165) is 0 Å². The second-order valence-corrected chi connectivity index (χ2v) is 7.33. The summed E-state index contributed by atoms with van der Waals surface area (Å²) in [5, 5.41) is 0. The first-order chi connectivity index (χ1) is 13.0. The number of benzene rings is 2. The molecule has 0 aliphatic heterocycles. The fourth-order valence-corrected chi connectivity index (χ4v) is 3.27. The summed E-state index contributed by atoms with van der Waals surface area (Å²) in [6.45, 7) is 0.0661. The minimum absolute atomic E-state index is 0.0661. The van der Waals surface area contributed by atoms with Crippen molar-refractivity contribution in [2.75, 3.05) is 7.11 Å². The summed E-state index contributed by atoms with van der Waals surface area (Å²) in [6, 6.07) is 14.9. The average Bonchev–Trinajstić information content (AvgIpc) is 2.69. The molecule has 8 heteroatoms. The van der Waals surface area contributed by atoms with Crippen LogP contribution < -0.4 is 14.2 Å². The van der Waals surface area contributed by atoms with Gasteiger partial charge in [0, 0.05) is 18.8 Å². The quantitative estimate of drug-likeness (QED) is 0.670. The third-order valence-electron chi connectivity index (χ3n) is 3.67. The van der Waals surface area contributed by atoms with E-state index in [1.165, 1.54) is 49.7 Å². The third-order valence-corrected chi connectivity index (χ3v) is 5.09. The molecule has 6 nitrogen and oxygen atoms in total. The molecule has 0 spiro atoms. The zero-order chi connectivity index (χ0) is 19.3. The van der Waals surface area contributed by atoms with Gasteiger partial charge in [0.15, 0.2) is 0 Å². The van der Waals surface area contributed by atoms with E-state index < -0.39 is 10.0 Å². The van der Waals surface area contributed by atoms with Gasteiger partial charge in [0.1, 0.15) is 17.3 Å². The normalized spacial score (nSPS) is 11.2. The van der Waals surface area contributed by atoms with Crippen LogP contribution in [0, 0.1) is 5.82 Å². The van der Waals surface area contributed by atoms with Crippen LogP contribution in [0.5, 0.6) is 17.4 Å². The van der Waals surface area contributed by atoms with Gasteiger partial charge in [-0.05, 0) is 60.2 Å². The van der Waals surface area contributed by atoms with Crippen molar-refractivity contribution in [3.05, 3.63) is 78.2 Å². The van der Waals surface area contributed by atoms with Gasteiger partial charge in [0.25, 0.3) is 0 Å². The molecule has 0 aliphatic rings. The molecule has 3 aromatic rings. The summed E-state index contributed by atoms with van der Waals surface area (Å²) in [4.78, 5) is 4.21. The highest BCUT2D eigenvalue weighted by atomic mass is 32.2. The van der Waals surface area contributed by atoms with Crippen LogP contribution in [-0.2, 0) is 16.6 Å². The van der Waals surface area contributed by atoms with Crippen LogP contribution in [0.15, 0.2) is 71.8 Å². The minimum Gasteiger partial charge on any atom is -0.497 e. The topological polar surface area (TPSA) is 77.5 Å². The maximum Gasteiger partial charge on any atom is 0.240 e. The smallest absolute Gasteiger partial charge is 0.240 e. The second kappa shape index (κ2) is 8.15. The molecule has 1 N–H and O–H groups in total. The van der Waals surface area contributed by atoms with Crippen molar-refractivity contribution >= 4 is 10.0 Å². The van der Waals surface area contributed by atoms with Gasteiger partial charge in [0.05, 0.1) is 12.0 Å². The van der Waals surface area contributed by atoms with Gasteiger partial charge in [0.2, 0.25) is 15.9 Å².